The zero-order chi connectivity index (χ0) is 16.9. The molecule has 2 N–H and O–H groups in total. The van der Waals surface area contributed by atoms with E-state index in [0.29, 0.717) is 5.75 Å². The Morgan fingerprint density at radius 1 is 1.21 bits per heavy atom. The molecule has 1 aromatic heterocycles. The van der Waals surface area contributed by atoms with Crippen molar-refractivity contribution >= 4 is 23.0 Å². The highest BCUT2D eigenvalue weighted by Gasteiger charge is 2.18. The van der Waals surface area contributed by atoms with Crippen LogP contribution in [-0.4, -0.2) is 25.2 Å². The maximum atomic E-state index is 11.6. The maximum Gasteiger partial charge on any atom is 0.426 e. The molecule has 0 bridgehead atoms. The van der Waals surface area contributed by atoms with E-state index < -0.39 is 12.0 Å². The van der Waals surface area contributed by atoms with Crippen LogP contribution in [0, 0.1) is 0 Å². The van der Waals surface area contributed by atoms with Gasteiger partial charge in [-0.15, -0.1) is 0 Å². The lowest BCUT2D eigenvalue weighted by Gasteiger charge is -2.10. The Morgan fingerprint density at radius 2 is 2.04 bits per heavy atom. The average molecular weight is 332 g/mol. The topological polar surface area (TPSA) is 89.8 Å². The summed E-state index contributed by atoms with van der Waals surface area (Å²) in [5.74, 6) is 1.17. The molecule has 2 aromatic rings. The first-order chi connectivity index (χ1) is 11.7. The van der Waals surface area contributed by atoms with Gasteiger partial charge < -0.3 is 13.9 Å². The molecular weight excluding hydrogens is 312 g/mol. The molecule has 0 atom stereocenters. The van der Waals surface area contributed by atoms with Crippen LogP contribution >= 0.6 is 0 Å². The van der Waals surface area contributed by atoms with Gasteiger partial charge in [-0.3, -0.25) is 10.2 Å². The van der Waals surface area contributed by atoms with E-state index in [1.54, 1.807) is 13.0 Å². The molecule has 0 radical (unpaired) electrons. The summed E-state index contributed by atoms with van der Waals surface area (Å²) in [6.07, 6.45) is 3.59. The number of hydrogen-bond donors (Lipinski definition) is 2. The number of fused-ring (bicyclic) bond motifs is 3. The first-order valence-corrected chi connectivity index (χ1v) is 8.06. The second-order valence-corrected chi connectivity index (χ2v) is 5.55. The van der Waals surface area contributed by atoms with Crippen LogP contribution in [0.1, 0.15) is 31.1 Å². The van der Waals surface area contributed by atoms with Gasteiger partial charge in [-0.1, -0.05) is 0 Å². The molecule has 1 aliphatic rings. The number of aryl methyl sites for hydroxylation is 2. The first-order valence-electron chi connectivity index (χ1n) is 8.06. The van der Waals surface area contributed by atoms with Crippen molar-refractivity contribution in [3.8, 4) is 5.75 Å². The molecule has 128 valence electrons. The summed E-state index contributed by atoms with van der Waals surface area (Å²) < 4.78 is 16.0. The lowest BCUT2D eigenvalue weighted by molar-refractivity contribution is -0.123. The minimum Gasteiger partial charge on any atom is -0.484 e. The molecular formula is C17H20N2O5. The Kier molecular flexibility index (Phi) is 4.88. The van der Waals surface area contributed by atoms with Gasteiger partial charge >= 0.3 is 6.09 Å². The molecule has 1 aliphatic carbocycles. The number of nitrogens with one attached hydrogen (secondary N) is 2. The van der Waals surface area contributed by atoms with Crippen molar-refractivity contribution in [3.63, 3.8) is 0 Å². The van der Waals surface area contributed by atoms with Crippen molar-refractivity contribution in [2.24, 2.45) is 0 Å². The fourth-order valence-electron chi connectivity index (χ4n) is 2.80. The Morgan fingerprint density at radius 3 is 2.88 bits per heavy atom. The molecule has 0 fully saturated rings. The molecule has 0 unspecified atom stereocenters. The summed E-state index contributed by atoms with van der Waals surface area (Å²) in [6.45, 7) is 1.69. The number of rotatable bonds is 4. The molecule has 24 heavy (non-hydrogen) atoms. The van der Waals surface area contributed by atoms with Gasteiger partial charge in [0.15, 0.2) is 6.61 Å². The van der Waals surface area contributed by atoms with Crippen LogP contribution in [0.15, 0.2) is 22.6 Å². The molecule has 2 amide bonds. The predicted molar refractivity (Wildman–Crippen MR) is 86.7 cm³/mol. The monoisotopic (exact) mass is 332 g/mol. The normalized spacial score (nSPS) is 13.2. The third-order valence-electron chi connectivity index (χ3n) is 3.88. The first kappa shape index (κ1) is 16.2. The number of benzene rings is 1. The summed E-state index contributed by atoms with van der Waals surface area (Å²) in [4.78, 5) is 22.7. The van der Waals surface area contributed by atoms with E-state index in [0.717, 1.165) is 42.4 Å². The highest BCUT2D eigenvalue weighted by atomic mass is 16.6. The minimum atomic E-state index is -0.711. The highest BCUT2D eigenvalue weighted by Crippen LogP contribution is 2.33. The van der Waals surface area contributed by atoms with Gasteiger partial charge in [0.1, 0.15) is 17.1 Å². The molecule has 0 saturated heterocycles. The van der Waals surface area contributed by atoms with Gasteiger partial charge in [0.05, 0.1) is 6.61 Å². The van der Waals surface area contributed by atoms with Crippen LogP contribution in [0.5, 0.6) is 5.75 Å². The summed E-state index contributed by atoms with van der Waals surface area (Å²) in [7, 11) is 0. The standard InChI is InChI=1S/C17H20N2O5/c1-2-22-17(21)19-18-16(20)10-23-11-7-8-15-13(9-11)12-5-3-4-6-14(12)24-15/h7-9H,2-6,10H2,1H3,(H,18,20)(H,19,21). The van der Waals surface area contributed by atoms with Crippen LogP contribution in [0.4, 0.5) is 4.79 Å². The van der Waals surface area contributed by atoms with Gasteiger partial charge in [0.2, 0.25) is 0 Å². The molecule has 1 aromatic carbocycles. The molecule has 0 saturated carbocycles. The van der Waals surface area contributed by atoms with E-state index >= 15 is 0 Å². The van der Waals surface area contributed by atoms with Crippen molar-refractivity contribution in [3.05, 3.63) is 29.5 Å². The Balaban J connectivity index is 1.59. The number of ether oxygens (including phenoxy) is 2. The van der Waals surface area contributed by atoms with E-state index in [2.05, 4.69) is 15.6 Å². The van der Waals surface area contributed by atoms with Crippen molar-refractivity contribution in [1.82, 2.24) is 10.9 Å². The summed E-state index contributed by atoms with van der Waals surface area (Å²) >= 11 is 0. The van der Waals surface area contributed by atoms with E-state index in [-0.39, 0.29) is 13.2 Å². The number of hydrogen-bond acceptors (Lipinski definition) is 5. The second kappa shape index (κ2) is 7.25. The van der Waals surface area contributed by atoms with Gasteiger partial charge in [0.25, 0.3) is 5.91 Å². The molecule has 0 spiro atoms. The van der Waals surface area contributed by atoms with E-state index in [1.165, 1.54) is 5.56 Å². The molecule has 1 heterocycles. The summed E-state index contributed by atoms with van der Waals surface area (Å²) in [5.41, 5.74) is 6.44. The van der Waals surface area contributed by atoms with E-state index in [9.17, 15) is 9.59 Å². The van der Waals surface area contributed by atoms with Crippen LogP contribution < -0.4 is 15.6 Å². The third-order valence-corrected chi connectivity index (χ3v) is 3.88. The van der Waals surface area contributed by atoms with E-state index in [4.69, 9.17) is 9.15 Å². The number of carbonyl (C=O) groups excluding carboxylic acids is 2. The minimum absolute atomic E-state index is 0.210. The summed E-state index contributed by atoms with van der Waals surface area (Å²) in [6, 6.07) is 5.52. The summed E-state index contributed by atoms with van der Waals surface area (Å²) in [5, 5.41) is 1.05. The number of amides is 2. The Hall–Kier alpha value is -2.70. The van der Waals surface area contributed by atoms with Gasteiger partial charge in [-0.2, -0.15) is 0 Å². The number of hydrazine groups is 1. The van der Waals surface area contributed by atoms with Crippen molar-refractivity contribution in [2.75, 3.05) is 13.2 Å². The van der Waals surface area contributed by atoms with Gasteiger partial charge in [-0.25, -0.2) is 10.2 Å². The average Bonchev–Trinajstić information content (AvgIpc) is 2.96. The molecule has 7 nitrogen and oxygen atoms in total. The lowest BCUT2D eigenvalue weighted by atomic mass is 9.96. The fraction of sp³-hybridized carbons (Fsp3) is 0.412. The van der Waals surface area contributed by atoms with Gasteiger partial charge in [0, 0.05) is 17.4 Å². The van der Waals surface area contributed by atoms with Crippen LogP contribution in [0.25, 0.3) is 11.0 Å². The van der Waals surface area contributed by atoms with Crippen molar-refractivity contribution in [2.45, 2.75) is 32.6 Å². The van der Waals surface area contributed by atoms with Gasteiger partial charge in [-0.05, 0) is 44.4 Å². The number of furan rings is 1. The second-order valence-electron chi connectivity index (χ2n) is 5.55. The van der Waals surface area contributed by atoms with Crippen molar-refractivity contribution in [1.29, 1.82) is 0 Å². The smallest absolute Gasteiger partial charge is 0.426 e. The molecule has 0 aliphatic heterocycles. The van der Waals surface area contributed by atoms with E-state index in [1.807, 2.05) is 12.1 Å². The third kappa shape index (κ3) is 3.61. The Bertz CT molecular complexity index is 753. The highest BCUT2D eigenvalue weighted by molar-refractivity contribution is 5.84. The predicted octanol–water partition coefficient (Wildman–Crippen LogP) is 2.47. The molecule has 3 rings (SSSR count). The zero-order valence-electron chi connectivity index (χ0n) is 13.5. The zero-order valence-corrected chi connectivity index (χ0v) is 13.5. The number of carbonyl (C=O) groups is 2. The largest absolute Gasteiger partial charge is 0.484 e. The van der Waals surface area contributed by atoms with Crippen molar-refractivity contribution < 1.29 is 23.5 Å². The lowest BCUT2D eigenvalue weighted by Crippen LogP contribution is -2.44. The SMILES string of the molecule is CCOC(=O)NNC(=O)COc1ccc2oc3c(c2c1)CCCC3. The molecule has 7 heteroatoms. The Labute approximate surface area is 139 Å². The fourth-order valence-corrected chi connectivity index (χ4v) is 2.80. The quantitative estimate of drug-likeness (QED) is 0.840. The van der Waals surface area contributed by atoms with Crippen LogP contribution in [0.3, 0.4) is 0 Å². The van der Waals surface area contributed by atoms with Crippen LogP contribution in [-0.2, 0) is 22.4 Å². The van der Waals surface area contributed by atoms with Crippen LogP contribution in [0.2, 0.25) is 0 Å². The maximum absolute atomic E-state index is 11.6.